The van der Waals surface area contributed by atoms with Crippen LogP contribution in [0.5, 0.6) is 0 Å². The molecule has 98 valence electrons. The second-order valence-corrected chi connectivity index (χ2v) is 6.46. The zero-order valence-corrected chi connectivity index (χ0v) is 11.8. The van der Waals surface area contributed by atoms with Gasteiger partial charge in [-0.05, 0) is 53.2 Å². The highest BCUT2D eigenvalue weighted by Gasteiger charge is 2.57. The number of nitrogens with zero attached hydrogens (tertiary/aromatic N) is 2. The highest BCUT2D eigenvalue weighted by atomic mass is 79.9. The van der Waals surface area contributed by atoms with Gasteiger partial charge >= 0.3 is 0 Å². The number of anilines is 1. The maximum Gasteiger partial charge on any atom is 0.274 e. The first-order chi connectivity index (χ1) is 9.08. The van der Waals surface area contributed by atoms with Gasteiger partial charge in [-0.1, -0.05) is 0 Å². The number of nitrogens with one attached hydrogen (secondary N) is 1. The van der Waals surface area contributed by atoms with Gasteiger partial charge in [0.25, 0.3) is 5.91 Å². The van der Waals surface area contributed by atoms with Gasteiger partial charge in [0.05, 0.1) is 4.47 Å². The Kier molecular flexibility index (Phi) is 2.08. The van der Waals surface area contributed by atoms with E-state index < -0.39 is 0 Å². The Morgan fingerprint density at radius 3 is 2.84 bits per heavy atom. The lowest BCUT2D eigenvalue weighted by molar-refractivity contribution is -0.0439. The molecule has 3 aliphatic carbocycles. The van der Waals surface area contributed by atoms with Crippen molar-refractivity contribution >= 4 is 33.3 Å². The zero-order valence-electron chi connectivity index (χ0n) is 10.2. The van der Waals surface area contributed by atoms with Crippen LogP contribution in [0.1, 0.15) is 29.8 Å². The largest absolute Gasteiger partial charge is 0.383 e. The van der Waals surface area contributed by atoms with Crippen LogP contribution in [0.2, 0.25) is 0 Å². The molecule has 2 aromatic heterocycles. The SMILES string of the molecule is Nc1c(C(=O)NC23CC(C2)C3)nc2c(Br)cccn12. The molecule has 0 atom stereocenters. The third kappa shape index (κ3) is 1.46. The molecule has 2 bridgehead atoms. The second-order valence-electron chi connectivity index (χ2n) is 5.61. The lowest BCUT2D eigenvalue weighted by Gasteiger charge is -2.61. The molecular weight excluding hydrogens is 308 g/mol. The third-order valence-electron chi connectivity index (χ3n) is 4.27. The zero-order chi connectivity index (χ0) is 13.2. The van der Waals surface area contributed by atoms with Gasteiger partial charge in [0.1, 0.15) is 5.82 Å². The van der Waals surface area contributed by atoms with Crippen LogP contribution in [0.25, 0.3) is 5.65 Å². The molecule has 19 heavy (non-hydrogen) atoms. The maximum absolute atomic E-state index is 12.3. The molecule has 3 aliphatic rings. The Balaban J connectivity index is 1.72. The van der Waals surface area contributed by atoms with Crippen molar-refractivity contribution in [3.63, 3.8) is 0 Å². The topological polar surface area (TPSA) is 72.4 Å². The number of nitrogens with two attached hydrogens (primary N) is 1. The predicted octanol–water partition coefficient (Wildman–Crippen LogP) is 1.96. The first-order valence-electron chi connectivity index (χ1n) is 6.33. The summed E-state index contributed by atoms with van der Waals surface area (Å²) in [5.74, 6) is 1.06. The number of carbonyl (C=O) groups is 1. The fourth-order valence-electron chi connectivity index (χ4n) is 3.15. The number of hydrogen-bond acceptors (Lipinski definition) is 3. The number of imidazole rings is 1. The van der Waals surface area contributed by atoms with E-state index in [4.69, 9.17) is 5.73 Å². The summed E-state index contributed by atoms with van der Waals surface area (Å²) in [5.41, 5.74) is 7.05. The van der Waals surface area contributed by atoms with Crippen LogP contribution in [-0.4, -0.2) is 20.8 Å². The van der Waals surface area contributed by atoms with E-state index in [1.807, 2.05) is 12.1 Å². The van der Waals surface area contributed by atoms with Gasteiger partial charge in [-0.2, -0.15) is 0 Å². The standard InChI is InChI=1S/C13H13BrN4O/c14-8-2-1-3-18-10(15)9(16-11(8)18)12(19)17-13-4-7(5-13)6-13/h1-3,7H,4-6,15H2,(H,17,19). The number of aromatic nitrogens is 2. The minimum absolute atomic E-state index is 0.0429. The average molecular weight is 321 g/mol. The number of rotatable bonds is 2. The van der Waals surface area contributed by atoms with Crippen molar-refractivity contribution in [3.8, 4) is 0 Å². The molecule has 6 heteroatoms. The lowest BCUT2D eigenvalue weighted by atomic mass is 9.50. The van der Waals surface area contributed by atoms with Crippen LogP contribution in [0.3, 0.4) is 0 Å². The van der Waals surface area contributed by atoms with Gasteiger partial charge in [-0.15, -0.1) is 0 Å². The van der Waals surface area contributed by atoms with Crippen LogP contribution in [-0.2, 0) is 0 Å². The van der Waals surface area contributed by atoms with Gasteiger partial charge < -0.3 is 11.1 Å². The number of nitrogen functional groups attached to an aromatic ring is 1. The van der Waals surface area contributed by atoms with Crippen LogP contribution in [0, 0.1) is 5.92 Å². The highest BCUT2D eigenvalue weighted by molar-refractivity contribution is 9.10. The molecule has 0 aromatic carbocycles. The number of hydrogen-bond donors (Lipinski definition) is 2. The fraction of sp³-hybridized carbons (Fsp3) is 0.385. The minimum Gasteiger partial charge on any atom is -0.383 e. The molecule has 1 amide bonds. The molecule has 0 unspecified atom stereocenters. The summed E-state index contributed by atoms with van der Waals surface area (Å²) in [5, 5.41) is 3.09. The van der Waals surface area contributed by atoms with E-state index in [0.29, 0.717) is 17.2 Å². The van der Waals surface area contributed by atoms with Crippen molar-refractivity contribution < 1.29 is 4.79 Å². The molecule has 3 fully saturated rings. The molecule has 0 saturated heterocycles. The van der Waals surface area contributed by atoms with Crippen molar-refractivity contribution in [1.29, 1.82) is 0 Å². The summed E-state index contributed by atoms with van der Waals surface area (Å²) >= 11 is 3.42. The van der Waals surface area contributed by atoms with Gasteiger partial charge in [0.15, 0.2) is 11.3 Å². The molecule has 0 aliphatic heterocycles. The summed E-state index contributed by atoms with van der Waals surface area (Å²) in [6.45, 7) is 0. The first kappa shape index (κ1) is 11.3. The Morgan fingerprint density at radius 2 is 2.26 bits per heavy atom. The summed E-state index contributed by atoms with van der Waals surface area (Å²) in [4.78, 5) is 16.6. The molecule has 5 rings (SSSR count). The highest BCUT2D eigenvalue weighted by Crippen LogP contribution is 2.57. The van der Waals surface area contributed by atoms with Gasteiger partial charge in [0, 0.05) is 11.7 Å². The second kappa shape index (κ2) is 3.50. The van der Waals surface area contributed by atoms with Crippen molar-refractivity contribution in [1.82, 2.24) is 14.7 Å². The molecular formula is C13H13BrN4O. The number of fused-ring (bicyclic) bond motifs is 1. The fourth-order valence-corrected chi connectivity index (χ4v) is 3.58. The molecule has 0 radical (unpaired) electrons. The number of amides is 1. The summed E-state index contributed by atoms with van der Waals surface area (Å²) < 4.78 is 2.55. The molecule has 2 heterocycles. The lowest BCUT2D eigenvalue weighted by Crippen LogP contribution is -2.68. The first-order valence-corrected chi connectivity index (χ1v) is 7.12. The van der Waals surface area contributed by atoms with Crippen molar-refractivity contribution in [2.45, 2.75) is 24.8 Å². The van der Waals surface area contributed by atoms with E-state index >= 15 is 0 Å². The minimum atomic E-state index is -0.161. The van der Waals surface area contributed by atoms with E-state index in [9.17, 15) is 4.79 Å². The number of halogens is 1. The van der Waals surface area contributed by atoms with Crippen molar-refractivity contribution in [3.05, 3.63) is 28.5 Å². The Hall–Kier alpha value is -1.56. The van der Waals surface area contributed by atoms with Gasteiger partial charge in [-0.3, -0.25) is 9.20 Å². The average Bonchev–Trinajstić information content (AvgIpc) is 2.62. The van der Waals surface area contributed by atoms with Crippen molar-refractivity contribution in [2.75, 3.05) is 5.73 Å². The molecule has 0 spiro atoms. The normalized spacial score (nSPS) is 27.7. The van der Waals surface area contributed by atoms with E-state index in [1.165, 1.54) is 0 Å². The molecule has 2 aromatic rings. The van der Waals surface area contributed by atoms with Crippen LogP contribution in [0.4, 0.5) is 5.82 Å². The Labute approximate surface area is 118 Å². The van der Waals surface area contributed by atoms with Crippen LogP contribution in [0.15, 0.2) is 22.8 Å². The Morgan fingerprint density at radius 1 is 1.53 bits per heavy atom. The molecule has 5 nitrogen and oxygen atoms in total. The van der Waals surface area contributed by atoms with E-state index in [1.54, 1.807) is 10.6 Å². The monoisotopic (exact) mass is 320 g/mol. The Bertz CT molecular complexity index is 691. The number of pyridine rings is 1. The maximum atomic E-state index is 12.3. The molecule has 3 saturated carbocycles. The summed E-state index contributed by atoms with van der Waals surface area (Å²) in [6, 6.07) is 3.74. The quantitative estimate of drug-likeness (QED) is 0.888. The van der Waals surface area contributed by atoms with Crippen LogP contribution >= 0.6 is 15.9 Å². The van der Waals surface area contributed by atoms with E-state index in [2.05, 4.69) is 26.2 Å². The van der Waals surface area contributed by atoms with E-state index in [0.717, 1.165) is 29.7 Å². The predicted molar refractivity (Wildman–Crippen MR) is 74.8 cm³/mol. The van der Waals surface area contributed by atoms with Crippen molar-refractivity contribution in [2.24, 2.45) is 5.92 Å². The summed E-state index contributed by atoms with van der Waals surface area (Å²) in [6.07, 6.45) is 5.13. The van der Waals surface area contributed by atoms with E-state index in [-0.39, 0.29) is 11.4 Å². The molecule has 3 N–H and O–H groups in total. The summed E-state index contributed by atoms with van der Waals surface area (Å²) in [7, 11) is 0. The third-order valence-corrected chi connectivity index (χ3v) is 4.89. The van der Waals surface area contributed by atoms with Gasteiger partial charge in [-0.25, -0.2) is 4.98 Å². The number of carbonyl (C=O) groups excluding carboxylic acids is 1. The smallest absolute Gasteiger partial charge is 0.274 e. The van der Waals surface area contributed by atoms with Crippen LogP contribution < -0.4 is 11.1 Å². The van der Waals surface area contributed by atoms with Gasteiger partial charge in [0.2, 0.25) is 0 Å².